The van der Waals surface area contributed by atoms with Gasteiger partial charge in [0.1, 0.15) is 0 Å². The highest BCUT2D eigenvalue weighted by Crippen LogP contribution is 2.31. The van der Waals surface area contributed by atoms with Crippen molar-refractivity contribution in [2.45, 2.75) is 25.2 Å². The van der Waals surface area contributed by atoms with Crippen molar-refractivity contribution < 1.29 is 20.4 Å². The normalized spacial score (nSPS) is 16.4. The third-order valence-electron chi connectivity index (χ3n) is 3.94. The van der Waals surface area contributed by atoms with Crippen LogP contribution in [0.2, 0.25) is 0 Å². The van der Waals surface area contributed by atoms with Gasteiger partial charge in [0.05, 0.1) is 26.4 Å². The van der Waals surface area contributed by atoms with Gasteiger partial charge >= 0.3 is 0 Å². The van der Waals surface area contributed by atoms with Crippen LogP contribution in [0.5, 0.6) is 0 Å². The lowest BCUT2D eigenvalue weighted by atomic mass is 9.79. The summed E-state index contributed by atoms with van der Waals surface area (Å²) in [6.45, 7) is 0.211. The molecular formula is C17H26O4. The van der Waals surface area contributed by atoms with E-state index in [9.17, 15) is 0 Å². The summed E-state index contributed by atoms with van der Waals surface area (Å²) in [4.78, 5) is 0. The van der Waals surface area contributed by atoms with Gasteiger partial charge in [-0.2, -0.15) is 0 Å². The van der Waals surface area contributed by atoms with E-state index in [-0.39, 0.29) is 37.8 Å². The summed E-state index contributed by atoms with van der Waals surface area (Å²) in [5.41, 5.74) is 0.770. The topological polar surface area (TPSA) is 80.9 Å². The monoisotopic (exact) mass is 294 g/mol. The van der Waals surface area contributed by atoms with Crippen LogP contribution in [0.1, 0.15) is 30.7 Å². The molecule has 0 saturated carbocycles. The standard InChI is InChI=1S/C9H12O2.C8H14O2/c10-6-9(7-11)8-4-2-1-3-5-8;9-6-8(7-10)4-2-1-3-5-8/h1-5,9-11H,6-7H2;1-2,9-10H,3-7H2. The molecule has 4 heteroatoms. The lowest BCUT2D eigenvalue weighted by Crippen LogP contribution is -2.30. The number of allylic oxidation sites excluding steroid dienone is 2. The molecule has 4 nitrogen and oxygen atoms in total. The van der Waals surface area contributed by atoms with Crippen LogP contribution in [-0.4, -0.2) is 46.9 Å². The number of aliphatic hydroxyl groups excluding tert-OH is 4. The molecule has 0 heterocycles. The fraction of sp³-hybridized carbons (Fsp3) is 0.529. The summed E-state index contributed by atoms with van der Waals surface area (Å²) in [6, 6.07) is 9.50. The molecule has 0 bridgehead atoms. The summed E-state index contributed by atoms with van der Waals surface area (Å²) in [6.07, 6.45) is 6.86. The second kappa shape index (κ2) is 9.68. The van der Waals surface area contributed by atoms with Crippen molar-refractivity contribution in [3.8, 4) is 0 Å². The molecule has 0 radical (unpaired) electrons. The third kappa shape index (κ3) is 5.59. The van der Waals surface area contributed by atoms with E-state index >= 15 is 0 Å². The van der Waals surface area contributed by atoms with Crippen molar-refractivity contribution >= 4 is 0 Å². The molecule has 1 aromatic carbocycles. The molecule has 118 valence electrons. The first kappa shape index (κ1) is 17.9. The van der Waals surface area contributed by atoms with E-state index in [1.165, 1.54) is 0 Å². The molecule has 4 N–H and O–H groups in total. The minimum Gasteiger partial charge on any atom is -0.396 e. The number of rotatable bonds is 5. The van der Waals surface area contributed by atoms with Crippen LogP contribution in [0.3, 0.4) is 0 Å². The smallest absolute Gasteiger partial charge is 0.0521 e. The molecule has 2 rings (SSSR count). The Kier molecular flexibility index (Phi) is 8.23. The molecule has 0 spiro atoms. The zero-order valence-electron chi connectivity index (χ0n) is 12.4. The maximum absolute atomic E-state index is 8.95. The maximum atomic E-state index is 8.95. The largest absolute Gasteiger partial charge is 0.396 e. The van der Waals surface area contributed by atoms with E-state index in [4.69, 9.17) is 20.4 Å². The Hall–Kier alpha value is -1.20. The SMILES string of the molecule is OCC(CO)c1ccccc1.OCC1(CO)CC=CCC1. The Morgan fingerprint density at radius 3 is 1.90 bits per heavy atom. The minimum absolute atomic E-state index is 0.000509. The predicted molar refractivity (Wildman–Crippen MR) is 83.0 cm³/mol. The second-order valence-corrected chi connectivity index (χ2v) is 5.50. The van der Waals surface area contributed by atoms with Crippen molar-refractivity contribution in [2.24, 2.45) is 5.41 Å². The van der Waals surface area contributed by atoms with Gasteiger partial charge in [-0.3, -0.25) is 0 Å². The Morgan fingerprint density at radius 1 is 0.905 bits per heavy atom. The quantitative estimate of drug-likeness (QED) is 0.620. The minimum atomic E-state index is -0.214. The molecule has 0 unspecified atom stereocenters. The number of hydrogen-bond acceptors (Lipinski definition) is 4. The highest BCUT2D eigenvalue weighted by Gasteiger charge is 2.28. The van der Waals surface area contributed by atoms with E-state index < -0.39 is 0 Å². The first-order valence-corrected chi connectivity index (χ1v) is 7.34. The summed E-state index contributed by atoms with van der Waals surface area (Å²) in [5.74, 6) is -0.129. The molecular weight excluding hydrogens is 268 g/mol. The van der Waals surface area contributed by atoms with E-state index in [0.29, 0.717) is 0 Å². The highest BCUT2D eigenvalue weighted by atomic mass is 16.3. The number of hydrogen-bond donors (Lipinski definition) is 4. The molecule has 1 aliphatic carbocycles. The predicted octanol–water partition coefficient (Wildman–Crippen LogP) is 1.45. The Bertz CT molecular complexity index is 395. The van der Waals surface area contributed by atoms with Crippen LogP contribution in [0, 0.1) is 5.41 Å². The van der Waals surface area contributed by atoms with Gasteiger partial charge in [-0.15, -0.1) is 0 Å². The Labute approximate surface area is 126 Å². The van der Waals surface area contributed by atoms with Gasteiger partial charge < -0.3 is 20.4 Å². The van der Waals surface area contributed by atoms with E-state index in [1.54, 1.807) is 0 Å². The molecule has 1 aromatic rings. The van der Waals surface area contributed by atoms with Gasteiger partial charge in [-0.25, -0.2) is 0 Å². The zero-order chi connectivity index (χ0) is 15.6. The number of aliphatic hydroxyl groups is 4. The summed E-state index contributed by atoms with van der Waals surface area (Å²) in [7, 11) is 0. The fourth-order valence-corrected chi connectivity index (χ4v) is 2.27. The van der Waals surface area contributed by atoms with Gasteiger partial charge in [-0.05, 0) is 24.8 Å². The number of benzene rings is 1. The van der Waals surface area contributed by atoms with Crippen molar-refractivity contribution in [3.63, 3.8) is 0 Å². The van der Waals surface area contributed by atoms with E-state index in [1.807, 2.05) is 36.4 Å². The van der Waals surface area contributed by atoms with Crippen LogP contribution in [-0.2, 0) is 0 Å². The van der Waals surface area contributed by atoms with Crippen molar-refractivity contribution in [2.75, 3.05) is 26.4 Å². The van der Waals surface area contributed by atoms with E-state index in [0.717, 1.165) is 24.8 Å². The molecule has 21 heavy (non-hydrogen) atoms. The first-order chi connectivity index (χ1) is 10.2. The molecule has 0 saturated heterocycles. The third-order valence-corrected chi connectivity index (χ3v) is 3.94. The van der Waals surface area contributed by atoms with Gasteiger partial charge in [0.25, 0.3) is 0 Å². The van der Waals surface area contributed by atoms with Gasteiger partial charge in [-0.1, -0.05) is 42.5 Å². The molecule has 0 atom stereocenters. The highest BCUT2D eigenvalue weighted by molar-refractivity contribution is 5.19. The molecule has 0 amide bonds. The Morgan fingerprint density at radius 2 is 1.52 bits per heavy atom. The summed E-state index contributed by atoms with van der Waals surface area (Å²) in [5, 5.41) is 35.5. The average Bonchev–Trinajstić information content (AvgIpc) is 2.58. The molecule has 0 aromatic heterocycles. The fourth-order valence-electron chi connectivity index (χ4n) is 2.27. The van der Waals surface area contributed by atoms with Gasteiger partial charge in [0, 0.05) is 11.3 Å². The Balaban J connectivity index is 0.000000211. The zero-order valence-corrected chi connectivity index (χ0v) is 12.4. The lowest BCUT2D eigenvalue weighted by molar-refractivity contribution is 0.0471. The van der Waals surface area contributed by atoms with E-state index in [2.05, 4.69) is 6.08 Å². The molecule has 1 aliphatic rings. The maximum Gasteiger partial charge on any atom is 0.0521 e. The average molecular weight is 294 g/mol. The van der Waals surface area contributed by atoms with Gasteiger partial charge in [0.2, 0.25) is 0 Å². The van der Waals surface area contributed by atoms with Crippen LogP contribution in [0.15, 0.2) is 42.5 Å². The van der Waals surface area contributed by atoms with Crippen molar-refractivity contribution in [3.05, 3.63) is 48.0 Å². The van der Waals surface area contributed by atoms with Crippen LogP contribution in [0.4, 0.5) is 0 Å². The molecule has 0 fully saturated rings. The molecule has 0 aliphatic heterocycles. The van der Waals surface area contributed by atoms with Crippen LogP contribution >= 0.6 is 0 Å². The van der Waals surface area contributed by atoms with Crippen LogP contribution < -0.4 is 0 Å². The summed E-state index contributed by atoms with van der Waals surface area (Å²) >= 11 is 0. The summed E-state index contributed by atoms with van der Waals surface area (Å²) < 4.78 is 0. The van der Waals surface area contributed by atoms with Crippen molar-refractivity contribution in [1.82, 2.24) is 0 Å². The van der Waals surface area contributed by atoms with Gasteiger partial charge in [0.15, 0.2) is 0 Å². The second-order valence-electron chi connectivity index (χ2n) is 5.50. The first-order valence-electron chi connectivity index (χ1n) is 7.34. The van der Waals surface area contributed by atoms with Crippen molar-refractivity contribution in [1.29, 1.82) is 0 Å². The van der Waals surface area contributed by atoms with Crippen LogP contribution in [0.25, 0.3) is 0 Å². The lowest BCUT2D eigenvalue weighted by Gasteiger charge is -2.30.